The molecule has 0 saturated carbocycles. The Bertz CT molecular complexity index is 572. The summed E-state index contributed by atoms with van der Waals surface area (Å²) in [6.45, 7) is 9.47. The maximum Gasteiger partial charge on any atom is 0.226 e. The number of hydrogen-bond acceptors (Lipinski definition) is 6. The quantitative estimate of drug-likeness (QED) is 0.802. The highest BCUT2D eigenvalue weighted by Crippen LogP contribution is 2.13. The Morgan fingerprint density at radius 1 is 1.27 bits per heavy atom. The van der Waals surface area contributed by atoms with Crippen LogP contribution >= 0.6 is 11.3 Å². The minimum Gasteiger partial charge on any atom is -0.375 e. The van der Waals surface area contributed by atoms with Crippen LogP contribution in [-0.4, -0.2) is 27.6 Å². The van der Waals surface area contributed by atoms with Crippen molar-refractivity contribution in [3.63, 3.8) is 0 Å². The molecule has 0 bridgehead atoms. The predicted molar refractivity (Wildman–Crippen MR) is 90.3 cm³/mol. The first-order chi connectivity index (χ1) is 10.6. The van der Waals surface area contributed by atoms with Crippen LogP contribution < -0.4 is 5.32 Å². The average Bonchev–Trinajstić information content (AvgIpc) is 2.98. The third-order valence-electron chi connectivity index (χ3n) is 3.27. The summed E-state index contributed by atoms with van der Waals surface area (Å²) in [6, 6.07) is 2.28. The van der Waals surface area contributed by atoms with E-state index in [1.165, 1.54) is 5.56 Å². The number of thiophene rings is 1. The zero-order valence-corrected chi connectivity index (χ0v) is 14.5. The van der Waals surface area contributed by atoms with E-state index in [2.05, 4.69) is 57.9 Å². The smallest absolute Gasteiger partial charge is 0.226 e. The van der Waals surface area contributed by atoms with E-state index in [-0.39, 0.29) is 12.0 Å². The second-order valence-electron chi connectivity index (χ2n) is 5.62. The molecule has 0 amide bonds. The normalized spacial score (nSPS) is 12.6. The minimum absolute atomic E-state index is 0.195. The second kappa shape index (κ2) is 8.19. The molecule has 0 aliphatic carbocycles. The minimum atomic E-state index is 0.195. The first kappa shape index (κ1) is 16.8. The molecule has 120 valence electrons. The summed E-state index contributed by atoms with van der Waals surface area (Å²) in [5.41, 5.74) is 1.22. The molecule has 0 aromatic carbocycles. The van der Waals surface area contributed by atoms with Crippen molar-refractivity contribution < 1.29 is 4.74 Å². The van der Waals surface area contributed by atoms with Crippen LogP contribution in [0.15, 0.2) is 16.8 Å². The molecule has 2 rings (SSSR count). The second-order valence-corrected chi connectivity index (χ2v) is 6.40. The van der Waals surface area contributed by atoms with Crippen LogP contribution in [0, 0.1) is 6.92 Å². The largest absolute Gasteiger partial charge is 0.375 e. The van der Waals surface area contributed by atoms with Gasteiger partial charge in [0.05, 0.1) is 19.3 Å². The highest BCUT2D eigenvalue weighted by Gasteiger charge is 2.12. The van der Waals surface area contributed by atoms with Crippen LogP contribution in [0.25, 0.3) is 0 Å². The van der Waals surface area contributed by atoms with Crippen LogP contribution in [0.1, 0.15) is 50.3 Å². The van der Waals surface area contributed by atoms with Crippen molar-refractivity contribution in [3.05, 3.63) is 34.0 Å². The topological polar surface area (TPSA) is 59.9 Å². The van der Waals surface area contributed by atoms with E-state index >= 15 is 0 Å². The van der Waals surface area contributed by atoms with Crippen molar-refractivity contribution in [2.24, 2.45) is 0 Å². The number of anilines is 1. The Morgan fingerprint density at radius 2 is 2.09 bits per heavy atom. The van der Waals surface area contributed by atoms with Gasteiger partial charge in [0, 0.05) is 5.92 Å². The zero-order valence-electron chi connectivity index (χ0n) is 13.7. The van der Waals surface area contributed by atoms with Crippen molar-refractivity contribution in [1.29, 1.82) is 0 Å². The lowest BCUT2D eigenvalue weighted by Crippen LogP contribution is -2.26. The van der Waals surface area contributed by atoms with Gasteiger partial charge >= 0.3 is 0 Å². The number of aromatic nitrogens is 3. The summed E-state index contributed by atoms with van der Waals surface area (Å²) in [4.78, 5) is 13.2. The predicted octanol–water partition coefficient (Wildman–Crippen LogP) is 3.77. The van der Waals surface area contributed by atoms with Gasteiger partial charge in [-0.25, -0.2) is 4.98 Å². The van der Waals surface area contributed by atoms with Gasteiger partial charge in [-0.1, -0.05) is 20.8 Å². The summed E-state index contributed by atoms with van der Waals surface area (Å²) >= 11 is 1.69. The van der Waals surface area contributed by atoms with Gasteiger partial charge in [-0.05, 0) is 35.7 Å². The van der Waals surface area contributed by atoms with Gasteiger partial charge < -0.3 is 10.1 Å². The molecule has 0 aliphatic rings. The fourth-order valence-electron chi connectivity index (χ4n) is 1.96. The van der Waals surface area contributed by atoms with E-state index in [0.717, 1.165) is 18.1 Å². The van der Waals surface area contributed by atoms with E-state index in [9.17, 15) is 0 Å². The lowest BCUT2D eigenvalue weighted by molar-refractivity contribution is 0.111. The summed E-state index contributed by atoms with van der Waals surface area (Å²) in [7, 11) is 0. The van der Waals surface area contributed by atoms with E-state index in [1.807, 2.05) is 6.92 Å². The molecule has 1 atom stereocenters. The van der Waals surface area contributed by atoms with Gasteiger partial charge in [-0.3, -0.25) is 0 Å². The fourth-order valence-corrected chi connectivity index (χ4v) is 2.62. The van der Waals surface area contributed by atoms with Crippen LogP contribution in [0.2, 0.25) is 0 Å². The SMILES string of the molecule is CCC(COCc1ccsc1)Nc1nc(C)nc(C(C)C)n1. The Balaban J connectivity index is 1.91. The van der Waals surface area contributed by atoms with Crippen molar-refractivity contribution in [2.45, 2.75) is 52.7 Å². The van der Waals surface area contributed by atoms with Gasteiger partial charge in [0.1, 0.15) is 11.6 Å². The van der Waals surface area contributed by atoms with Crippen molar-refractivity contribution in [1.82, 2.24) is 15.0 Å². The molecule has 0 spiro atoms. The first-order valence-electron chi connectivity index (χ1n) is 7.66. The molecule has 2 heterocycles. The Kier molecular flexibility index (Phi) is 6.27. The fraction of sp³-hybridized carbons (Fsp3) is 0.562. The van der Waals surface area contributed by atoms with E-state index in [4.69, 9.17) is 4.74 Å². The number of nitrogens with one attached hydrogen (secondary N) is 1. The summed E-state index contributed by atoms with van der Waals surface area (Å²) in [5.74, 6) is 2.50. The summed E-state index contributed by atoms with van der Waals surface area (Å²) in [6.07, 6.45) is 0.950. The van der Waals surface area contributed by atoms with Crippen LogP contribution in [0.4, 0.5) is 5.95 Å². The molecule has 0 saturated heterocycles. The maximum atomic E-state index is 5.78. The third kappa shape index (κ3) is 5.03. The first-order valence-corrected chi connectivity index (χ1v) is 8.60. The summed E-state index contributed by atoms with van der Waals surface area (Å²) in [5, 5.41) is 7.53. The van der Waals surface area contributed by atoms with Crippen LogP contribution in [0.3, 0.4) is 0 Å². The highest BCUT2D eigenvalue weighted by atomic mass is 32.1. The zero-order chi connectivity index (χ0) is 15.9. The number of rotatable bonds is 8. The van der Waals surface area contributed by atoms with E-state index in [0.29, 0.717) is 19.2 Å². The molecule has 0 radical (unpaired) electrons. The Morgan fingerprint density at radius 3 is 2.73 bits per heavy atom. The monoisotopic (exact) mass is 320 g/mol. The molecular formula is C16H24N4OS. The molecule has 6 heteroatoms. The Hall–Kier alpha value is -1.53. The summed E-state index contributed by atoms with van der Waals surface area (Å²) < 4.78 is 5.78. The van der Waals surface area contributed by atoms with Gasteiger partial charge in [-0.15, -0.1) is 0 Å². The van der Waals surface area contributed by atoms with Crippen molar-refractivity contribution >= 4 is 17.3 Å². The molecule has 2 aromatic rings. The standard InChI is InChI=1S/C16H24N4OS/c1-5-14(9-21-8-13-6-7-22-10-13)19-16-18-12(4)17-15(20-16)11(2)3/h6-7,10-11,14H,5,8-9H2,1-4H3,(H,17,18,19,20). The molecule has 2 aromatic heterocycles. The Labute approximate surface area is 136 Å². The van der Waals surface area contributed by atoms with Crippen LogP contribution in [-0.2, 0) is 11.3 Å². The van der Waals surface area contributed by atoms with Gasteiger partial charge in [0.15, 0.2) is 0 Å². The number of ether oxygens (including phenoxy) is 1. The van der Waals surface area contributed by atoms with Gasteiger partial charge in [0.2, 0.25) is 5.95 Å². The molecule has 22 heavy (non-hydrogen) atoms. The third-order valence-corrected chi connectivity index (χ3v) is 4.01. The molecular weight excluding hydrogens is 296 g/mol. The van der Waals surface area contributed by atoms with E-state index < -0.39 is 0 Å². The van der Waals surface area contributed by atoms with Gasteiger partial charge in [-0.2, -0.15) is 21.3 Å². The number of hydrogen-bond donors (Lipinski definition) is 1. The van der Waals surface area contributed by atoms with Crippen molar-refractivity contribution in [2.75, 3.05) is 11.9 Å². The van der Waals surface area contributed by atoms with Crippen LogP contribution in [0.5, 0.6) is 0 Å². The maximum absolute atomic E-state index is 5.78. The molecule has 5 nitrogen and oxygen atoms in total. The number of aryl methyl sites for hydroxylation is 1. The van der Waals surface area contributed by atoms with E-state index in [1.54, 1.807) is 11.3 Å². The highest BCUT2D eigenvalue weighted by molar-refractivity contribution is 7.07. The molecule has 0 fully saturated rings. The van der Waals surface area contributed by atoms with Gasteiger partial charge in [0.25, 0.3) is 0 Å². The molecule has 0 aliphatic heterocycles. The molecule has 1 unspecified atom stereocenters. The molecule has 1 N–H and O–H groups in total. The van der Waals surface area contributed by atoms with Crippen molar-refractivity contribution in [3.8, 4) is 0 Å². The average molecular weight is 320 g/mol. The lowest BCUT2D eigenvalue weighted by Gasteiger charge is -2.18. The number of nitrogens with zero attached hydrogens (tertiary/aromatic N) is 3. The lowest BCUT2D eigenvalue weighted by atomic mass is 10.2.